The van der Waals surface area contributed by atoms with E-state index in [0.29, 0.717) is 11.4 Å². The summed E-state index contributed by atoms with van der Waals surface area (Å²) in [6.07, 6.45) is 1.13. The zero-order valence-electron chi connectivity index (χ0n) is 17.7. The lowest BCUT2D eigenvalue weighted by atomic mass is 9.90. The lowest BCUT2D eigenvalue weighted by Crippen LogP contribution is -2.37. The average molecular weight is 447 g/mol. The molecule has 0 unspecified atom stereocenters. The van der Waals surface area contributed by atoms with Gasteiger partial charge >= 0.3 is 0 Å². The predicted molar refractivity (Wildman–Crippen MR) is 124 cm³/mol. The number of para-hydroxylation sites is 1. The van der Waals surface area contributed by atoms with Gasteiger partial charge in [0.2, 0.25) is 5.91 Å². The Morgan fingerprint density at radius 1 is 0.875 bits per heavy atom. The van der Waals surface area contributed by atoms with Gasteiger partial charge in [-0.1, -0.05) is 36.4 Å². The fourth-order valence-electron chi connectivity index (χ4n) is 4.36. The molecule has 3 aromatic rings. The zero-order valence-corrected chi connectivity index (χ0v) is 18.5. The van der Waals surface area contributed by atoms with Crippen molar-refractivity contribution in [1.82, 2.24) is 0 Å². The number of ether oxygens (including phenoxy) is 1. The Morgan fingerprint density at radius 2 is 1.59 bits per heavy atom. The quantitative estimate of drug-likeness (QED) is 0.426. The first-order chi connectivity index (χ1) is 15.6. The van der Waals surface area contributed by atoms with Crippen molar-refractivity contribution < 1.29 is 19.2 Å². The summed E-state index contributed by atoms with van der Waals surface area (Å²) in [5.74, 6) is -0.715. The molecule has 2 saturated heterocycles. The number of methoxy groups -OCH3 is 1. The Balaban J connectivity index is 1.57. The lowest BCUT2D eigenvalue weighted by molar-refractivity contribution is -0.126. The van der Waals surface area contributed by atoms with Gasteiger partial charge in [-0.3, -0.25) is 14.4 Å². The largest absolute Gasteiger partial charge is 0.497 e. The molecule has 6 nitrogen and oxygen atoms in total. The first-order valence-electron chi connectivity index (χ1n) is 10.3. The Kier molecular flexibility index (Phi) is 5.36. The standard InChI is InChI=1S/C25H22N2O4S/c1-30-19-10-6-9-18(15-19)26-24(28)21-22(16-11-13-20(32-2)14-12-16)27(31-23(21)25(26)29)17-7-4-3-5-8-17/h3-15,21-23H,1-2H3/t21-,22-,23-/m0/s1. The number of hydrogen-bond acceptors (Lipinski definition) is 6. The minimum Gasteiger partial charge on any atom is -0.497 e. The highest BCUT2D eigenvalue weighted by Gasteiger charge is 2.60. The van der Waals surface area contributed by atoms with Crippen molar-refractivity contribution >= 4 is 35.0 Å². The molecule has 0 aromatic heterocycles. The van der Waals surface area contributed by atoms with Crippen molar-refractivity contribution in [3.8, 4) is 5.75 Å². The van der Waals surface area contributed by atoms with Crippen LogP contribution in [0.2, 0.25) is 0 Å². The number of carbonyl (C=O) groups excluding carboxylic acids is 2. The molecule has 2 fully saturated rings. The summed E-state index contributed by atoms with van der Waals surface area (Å²) in [5, 5.41) is 1.71. The first-order valence-corrected chi connectivity index (χ1v) is 11.5. The van der Waals surface area contributed by atoms with Gasteiger partial charge in [0, 0.05) is 11.0 Å². The van der Waals surface area contributed by atoms with Gasteiger partial charge in [-0.2, -0.15) is 0 Å². The van der Waals surface area contributed by atoms with Crippen molar-refractivity contribution in [3.63, 3.8) is 0 Å². The van der Waals surface area contributed by atoms with Gasteiger partial charge in [0.1, 0.15) is 11.7 Å². The van der Waals surface area contributed by atoms with Crippen LogP contribution in [0.4, 0.5) is 11.4 Å². The number of thioether (sulfide) groups is 1. The van der Waals surface area contributed by atoms with Crippen LogP contribution in [0.5, 0.6) is 5.75 Å². The van der Waals surface area contributed by atoms with Gasteiger partial charge in [-0.05, 0) is 48.2 Å². The summed E-state index contributed by atoms with van der Waals surface area (Å²) in [5.41, 5.74) is 2.21. The van der Waals surface area contributed by atoms with Crippen LogP contribution in [0.1, 0.15) is 11.6 Å². The number of hydroxylamine groups is 1. The van der Waals surface area contributed by atoms with Crippen molar-refractivity contribution in [1.29, 1.82) is 0 Å². The normalized spacial score (nSPS) is 22.4. The molecule has 0 saturated carbocycles. The molecule has 32 heavy (non-hydrogen) atoms. The van der Waals surface area contributed by atoms with Crippen LogP contribution in [-0.2, 0) is 14.4 Å². The highest BCUT2D eigenvalue weighted by atomic mass is 32.2. The lowest BCUT2D eigenvalue weighted by Gasteiger charge is -2.29. The number of fused-ring (bicyclic) bond motifs is 1. The number of benzene rings is 3. The third-order valence-electron chi connectivity index (χ3n) is 5.89. The molecule has 7 heteroatoms. The third kappa shape index (κ3) is 3.34. The van der Waals surface area contributed by atoms with E-state index in [9.17, 15) is 9.59 Å². The molecule has 5 rings (SSSR count). The number of rotatable bonds is 5. The SMILES string of the molecule is COc1cccc(N2C(=O)[C@@H]3[C@H](ON(c4ccccc4)[C@H]3c3ccc(SC)cc3)C2=O)c1. The minimum absolute atomic E-state index is 0.273. The smallest absolute Gasteiger partial charge is 0.266 e. The van der Waals surface area contributed by atoms with E-state index in [4.69, 9.17) is 9.57 Å². The number of anilines is 2. The summed E-state index contributed by atoms with van der Waals surface area (Å²) in [7, 11) is 1.55. The Morgan fingerprint density at radius 3 is 2.28 bits per heavy atom. The first kappa shape index (κ1) is 20.6. The molecule has 0 spiro atoms. The van der Waals surface area contributed by atoms with E-state index in [2.05, 4.69) is 0 Å². The van der Waals surface area contributed by atoms with Crippen LogP contribution >= 0.6 is 11.8 Å². The second-order valence-electron chi connectivity index (χ2n) is 7.64. The van der Waals surface area contributed by atoms with Crippen LogP contribution in [0, 0.1) is 5.92 Å². The molecule has 2 amide bonds. The van der Waals surface area contributed by atoms with Gasteiger partial charge in [-0.15, -0.1) is 11.8 Å². The van der Waals surface area contributed by atoms with Gasteiger partial charge in [-0.25, -0.2) is 9.96 Å². The van der Waals surface area contributed by atoms with Crippen molar-refractivity contribution in [2.24, 2.45) is 5.92 Å². The number of nitrogens with zero attached hydrogens (tertiary/aromatic N) is 2. The maximum Gasteiger partial charge on any atom is 0.266 e. The highest BCUT2D eigenvalue weighted by molar-refractivity contribution is 7.98. The van der Waals surface area contributed by atoms with E-state index in [1.165, 1.54) is 4.90 Å². The highest BCUT2D eigenvalue weighted by Crippen LogP contribution is 2.47. The molecular formula is C25H22N2O4S. The Labute approximate surface area is 190 Å². The summed E-state index contributed by atoms with van der Waals surface area (Å²) in [6, 6.07) is 24.2. The second-order valence-corrected chi connectivity index (χ2v) is 8.52. The third-order valence-corrected chi connectivity index (χ3v) is 6.64. The van der Waals surface area contributed by atoms with E-state index >= 15 is 0 Å². The molecule has 2 aliphatic heterocycles. The average Bonchev–Trinajstić information content (AvgIpc) is 3.35. The van der Waals surface area contributed by atoms with E-state index in [1.807, 2.05) is 60.9 Å². The molecule has 162 valence electrons. The van der Waals surface area contributed by atoms with Crippen LogP contribution in [-0.4, -0.2) is 31.3 Å². The summed E-state index contributed by atoms with van der Waals surface area (Å²) >= 11 is 1.65. The topological polar surface area (TPSA) is 59.1 Å². The molecule has 0 N–H and O–H groups in total. The Bertz CT molecular complexity index is 1150. The van der Waals surface area contributed by atoms with Crippen LogP contribution < -0.4 is 14.7 Å². The van der Waals surface area contributed by atoms with E-state index < -0.39 is 18.1 Å². The van der Waals surface area contributed by atoms with Gasteiger partial charge < -0.3 is 4.74 Å². The molecule has 3 aromatic carbocycles. The van der Waals surface area contributed by atoms with E-state index in [0.717, 1.165) is 16.1 Å². The maximum atomic E-state index is 13.6. The molecule has 2 aliphatic rings. The Hall–Kier alpha value is -3.29. The molecule has 3 atom stereocenters. The van der Waals surface area contributed by atoms with Crippen molar-refractivity contribution in [2.75, 3.05) is 23.3 Å². The molecule has 0 radical (unpaired) electrons. The van der Waals surface area contributed by atoms with Crippen LogP contribution in [0.15, 0.2) is 83.8 Å². The monoisotopic (exact) mass is 446 g/mol. The number of amides is 2. The van der Waals surface area contributed by atoms with Crippen LogP contribution in [0.3, 0.4) is 0 Å². The van der Waals surface area contributed by atoms with Gasteiger partial charge in [0.05, 0.1) is 24.5 Å². The minimum atomic E-state index is -0.890. The van der Waals surface area contributed by atoms with E-state index in [1.54, 1.807) is 48.2 Å². The van der Waals surface area contributed by atoms with Crippen LogP contribution in [0.25, 0.3) is 0 Å². The maximum absolute atomic E-state index is 13.6. The molecule has 0 bridgehead atoms. The summed E-state index contributed by atoms with van der Waals surface area (Å²) < 4.78 is 5.28. The summed E-state index contributed by atoms with van der Waals surface area (Å²) in [6.45, 7) is 0. The van der Waals surface area contributed by atoms with Crippen molar-refractivity contribution in [3.05, 3.63) is 84.4 Å². The number of hydrogen-bond donors (Lipinski definition) is 0. The fourth-order valence-corrected chi connectivity index (χ4v) is 4.77. The van der Waals surface area contributed by atoms with Gasteiger partial charge in [0.15, 0.2) is 6.10 Å². The second kappa shape index (κ2) is 8.33. The molecular weight excluding hydrogens is 424 g/mol. The zero-order chi connectivity index (χ0) is 22.2. The molecule has 0 aliphatic carbocycles. The van der Waals surface area contributed by atoms with Gasteiger partial charge in [0.25, 0.3) is 5.91 Å². The summed E-state index contributed by atoms with van der Waals surface area (Å²) in [4.78, 5) is 35.5. The van der Waals surface area contributed by atoms with Crippen molar-refractivity contribution in [2.45, 2.75) is 17.0 Å². The fraction of sp³-hybridized carbons (Fsp3) is 0.200. The number of imide groups is 1. The number of carbonyl (C=O) groups is 2. The predicted octanol–water partition coefficient (Wildman–Crippen LogP) is 4.47. The van der Waals surface area contributed by atoms with E-state index in [-0.39, 0.29) is 11.8 Å². The molecule has 2 heterocycles.